The summed E-state index contributed by atoms with van der Waals surface area (Å²) < 4.78 is 33.3. The number of aromatic nitrogens is 1. The molecule has 4 rings (SSSR count). The normalized spacial score (nSPS) is 12.0. The summed E-state index contributed by atoms with van der Waals surface area (Å²) in [6, 6.07) is 17.7. The Labute approximate surface area is 180 Å². The summed E-state index contributed by atoms with van der Waals surface area (Å²) in [5.74, 6) is 0. The SMILES string of the molecule is Cc1cc(C)cc(-c2ccc(N=Nc3cc(S(=O)(=O)O)c4ccccc4c3N)cn2)c1. The molecule has 0 bridgehead atoms. The number of nitrogens with zero attached hydrogens (tertiary/aromatic N) is 3. The van der Waals surface area contributed by atoms with Crippen LogP contribution in [0.4, 0.5) is 17.1 Å². The van der Waals surface area contributed by atoms with Gasteiger partial charge in [0.05, 0.1) is 17.6 Å². The average Bonchev–Trinajstić information content (AvgIpc) is 2.72. The molecule has 4 aromatic rings. The molecule has 3 N–H and O–H groups in total. The lowest BCUT2D eigenvalue weighted by molar-refractivity contribution is 0.484. The first-order valence-electron chi connectivity index (χ1n) is 9.47. The van der Waals surface area contributed by atoms with Crippen LogP contribution in [0.2, 0.25) is 0 Å². The largest absolute Gasteiger partial charge is 0.396 e. The summed E-state index contributed by atoms with van der Waals surface area (Å²) in [6.07, 6.45) is 1.58. The van der Waals surface area contributed by atoms with Gasteiger partial charge in [-0.2, -0.15) is 8.42 Å². The third-order valence-electron chi connectivity index (χ3n) is 4.84. The van der Waals surface area contributed by atoms with Crippen molar-refractivity contribution >= 4 is 38.0 Å². The molecule has 0 aliphatic carbocycles. The summed E-state index contributed by atoms with van der Waals surface area (Å²) in [7, 11) is -4.46. The molecule has 1 aromatic heterocycles. The topological polar surface area (TPSA) is 118 Å². The highest BCUT2D eigenvalue weighted by Crippen LogP contribution is 2.36. The maximum absolute atomic E-state index is 11.8. The maximum Gasteiger partial charge on any atom is 0.295 e. The van der Waals surface area contributed by atoms with Crippen molar-refractivity contribution in [2.24, 2.45) is 10.2 Å². The average molecular weight is 433 g/mol. The zero-order chi connectivity index (χ0) is 22.2. The number of nitrogens with two attached hydrogens (primary N) is 1. The Morgan fingerprint density at radius 3 is 2.19 bits per heavy atom. The van der Waals surface area contributed by atoms with Crippen molar-refractivity contribution in [1.29, 1.82) is 0 Å². The number of benzene rings is 3. The molecule has 31 heavy (non-hydrogen) atoms. The minimum Gasteiger partial charge on any atom is -0.396 e. The number of fused-ring (bicyclic) bond motifs is 1. The summed E-state index contributed by atoms with van der Waals surface area (Å²) in [6.45, 7) is 4.07. The van der Waals surface area contributed by atoms with Crippen LogP contribution in [0.15, 0.2) is 82.0 Å². The second kappa shape index (κ2) is 7.90. The molecule has 3 aromatic carbocycles. The molecule has 7 nitrogen and oxygen atoms in total. The molecule has 1 heterocycles. The van der Waals surface area contributed by atoms with Crippen LogP contribution >= 0.6 is 0 Å². The van der Waals surface area contributed by atoms with Crippen LogP contribution in [0.25, 0.3) is 22.0 Å². The van der Waals surface area contributed by atoms with Gasteiger partial charge in [0.15, 0.2) is 0 Å². The number of nitrogen functional groups attached to an aromatic ring is 1. The van der Waals surface area contributed by atoms with Crippen LogP contribution in [0.1, 0.15) is 11.1 Å². The fourth-order valence-electron chi connectivity index (χ4n) is 3.50. The second-order valence-electron chi connectivity index (χ2n) is 7.31. The van der Waals surface area contributed by atoms with Gasteiger partial charge >= 0.3 is 0 Å². The van der Waals surface area contributed by atoms with E-state index < -0.39 is 10.1 Å². The van der Waals surface area contributed by atoms with Gasteiger partial charge in [-0.05, 0) is 44.2 Å². The molecule has 0 fully saturated rings. The third-order valence-corrected chi connectivity index (χ3v) is 5.74. The Morgan fingerprint density at radius 1 is 0.903 bits per heavy atom. The van der Waals surface area contributed by atoms with Crippen molar-refractivity contribution in [2.45, 2.75) is 18.7 Å². The van der Waals surface area contributed by atoms with Crippen molar-refractivity contribution in [3.63, 3.8) is 0 Å². The highest BCUT2D eigenvalue weighted by atomic mass is 32.2. The monoisotopic (exact) mass is 432 g/mol. The fourth-order valence-corrected chi connectivity index (χ4v) is 4.21. The van der Waals surface area contributed by atoms with Crippen molar-refractivity contribution in [3.05, 3.63) is 78.0 Å². The van der Waals surface area contributed by atoms with Gasteiger partial charge in [-0.1, -0.05) is 41.5 Å². The molecule has 0 spiro atoms. The van der Waals surface area contributed by atoms with E-state index in [-0.39, 0.29) is 16.3 Å². The second-order valence-corrected chi connectivity index (χ2v) is 8.70. The molecule has 0 saturated heterocycles. The van der Waals surface area contributed by atoms with Crippen LogP contribution in [-0.2, 0) is 10.1 Å². The van der Waals surface area contributed by atoms with Gasteiger partial charge in [0.1, 0.15) is 16.3 Å². The highest BCUT2D eigenvalue weighted by Gasteiger charge is 2.18. The van der Waals surface area contributed by atoms with E-state index >= 15 is 0 Å². The van der Waals surface area contributed by atoms with E-state index in [0.717, 1.165) is 22.4 Å². The van der Waals surface area contributed by atoms with E-state index in [2.05, 4.69) is 33.4 Å². The van der Waals surface area contributed by atoms with Crippen LogP contribution in [-0.4, -0.2) is 18.0 Å². The summed E-state index contributed by atoms with van der Waals surface area (Å²) in [4.78, 5) is 4.18. The number of azo groups is 1. The van der Waals surface area contributed by atoms with Crippen LogP contribution in [0, 0.1) is 13.8 Å². The van der Waals surface area contributed by atoms with Crippen molar-refractivity contribution in [1.82, 2.24) is 4.98 Å². The van der Waals surface area contributed by atoms with Crippen LogP contribution in [0.3, 0.4) is 0 Å². The van der Waals surface area contributed by atoms with E-state index in [4.69, 9.17) is 5.73 Å². The predicted molar refractivity (Wildman–Crippen MR) is 121 cm³/mol. The number of hydrogen-bond donors (Lipinski definition) is 2. The molecular weight excluding hydrogens is 412 g/mol. The maximum atomic E-state index is 11.8. The minimum atomic E-state index is -4.46. The number of pyridine rings is 1. The van der Waals surface area contributed by atoms with Gasteiger partial charge in [0, 0.05) is 16.3 Å². The molecule has 156 valence electrons. The first-order chi connectivity index (χ1) is 14.7. The molecule has 0 radical (unpaired) electrons. The van der Waals surface area contributed by atoms with Gasteiger partial charge in [-0.15, -0.1) is 10.2 Å². The first kappa shape index (κ1) is 20.6. The summed E-state index contributed by atoms with van der Waals surface area (Å²) in [5, 5.41) is 9.05. The zero-order valence-corrected chi connectivity index (χ0v) is 17.8. The molecule has 0 aliphatic rings. The number of anilines is 1. The third kappa shape index (κ3) is 4.30. The summed E-state index contributed by atoms with van der Waals surface area (Å²) >= 11 is 0. The van der Waals surface area contributed by atoms with Crippen LogP contribution < -0.4 is 5.73 Å². The molecule has 0 amide bonds. The molecule has 0 unspecified atom stereocenters. The van der Waals surface area contributed by atoms with Gasteiger partial charge in [0.2, 0.25) is 0 Å². The Hall–Kier alpha value is -3.62. The zero-order valence-electron chi connectivity index (χ0n) is 16.9. The Balaban J connectivity index is 1.71. The van der Waals surface area contributed by atoms with E-state index in [0.29, 0.717) is 16.5 Å². The Morgan fingerprint density at radius 2 is 1.58 bits per heavy atom. The molecule has 0 atom stereocenters. The smallest absolute Gasteiger partial charge is 0.295 e. The number of hydrogen-bond acceptors (Lipinski definition) is 6. The van der Waals surface area contributed by atoms with Crippen molar-refractivity contribution < 1.29 is 13.0 Å². The predicted octanol–water partition coefficient (Wildman–Crippen LogP) is 5.76. The van der Waals surface area contributed by atoms with Gasteiger partial charge in [0.25, 0.3) is 10.1 Å². The van der Waals surface area contributed by atoms with Gasteiger partial charge in [-0.25, -0.2) is 0 Å². The molecular formula is C23H20N4O3S. The fraction of sp³-hybridized carbons (Fsp3) is 0.0870. The van der Waals surface area contributed by atoms with Crippen LogP contribution in [0.5, 0.6) is 0 Å². The van der Waals surface area contributed by atoms with Crippen molar-refractivity contribution in [3.8, 4) is 11.3 Å². The number of aryl methyl sites for hydroxylation is 2. The standard InChI is InChI=1S/C23H20N4O3S/c1-14-9-15(2)11-16(10-14)20-8-7-17(13-25-20)26-27-21-12-22(31(28,29)30)18-5-3-4-6-19(18)23(21)24/h3-13H,24H2,1-2H3,(H,28,29,30). The molecule has 0 aliphatic heterocycles. The lowest BCUT2D eigenvalue weighted by Gasteiger charge is -2.09. The minimum absolute atomic E-state index is 0.143. The van der Waals surface area contributed by atoms with E-state index in [1.165, 1.54) is 6.07 Å². The van der Waals surface area contributed by atoms with Gasteiger partial charge in [-0.3, -0.25) is 9.54 Å². The van der Waals surface area contributed by atoms with E-state index in [1.807, 2.05) is 19.9 Å². The van der Waals surface area contributed by atoms with Crippen molar-refractivity contribution in [2.75, 3.05) is 5.73 Å². The first-order valence-corrected chi connectivity index (χ1v) is 10.9. The lowest BCUT2D eigenvalue weighted by atomic mass is 10.0. The van der Waals surface area contributed by atoms with Gasteiger partial charge < -0.3 is 5.73 Å². The molecule has 0 saturated carbocycles. The van der Waals surface area contributed by atoms with E-state index in [9.17, 15) is 13.0 Å². The Bertz CT molecular complexity index is 1410. The molecule has 8 heteroatoms. The number of rotatable bonds is 4. The summed E-state index contributed by atoms with van der Waals surface area (Å²) in [5.41, 5.74) is 11.2. The Kier molecular flexibility index (Phi) is 5.26. The highest BCUT2D eigenvalue weighted by molar-refractivity contribution is 7.86. The quantitative estimate of drug-likeness (QED) is 0.241. The lowest BCUT2D eigenvalue weighted by Crippen LogP contribution is -2.01. The van der Waals surface area contributed by atoms with E-state index in [1.54, 1.807) is 36.5 Å².